The molecule has 2 aliphatic heterocycles. The van der Waals surface area contributed by atoms with Crippen LogP contribution in [0.5, 0.6) is 11.5 Å². The SMILES string of the molecule is CCCCOc1cc(OC)ccc1[C@@H]1C(N2C(=O)[C@H](OC)[C@@H](OC)C2=O)C(=O)N1c1ccccc1. The number of benzene rings is 2. The van der Waals surface area contributed by atoms with Crippen LogP contribution < -0.4 is 14.4 Å². The lowest BCUT2D eigenvalue weighted by molar-refractivity contribution is -0.153. The first-order valence-electron chi connectivity index (χ1n) is 11.6. The molecule has 2 aliphatic rings. The van der Waals surface area contributed by atoms with Crippen LogP contribution in [0.25, 0.3) is 0 Å². The Morgan fingerprint density at radius 3 is 2.03 bits per heavy atom. The van der Waals surface area contributed by atoms with E-state index in [4.69, 9.17) is 18.9 Å². The van der Waals surface area contributed by atoms with E-state index < -0.39 is 36.1 Å². The molecule has 2 saturated heterocycles. The van der Waals surface area contributed by atoms with Crippen LogP contribution in [0.1, 0.15) is 31.4 Å². The predicted octanol–water partition coefficient (Wildman–Crippen LogP) is 2.73. The van der Waals surface area contributed by atoms with Crippen LogP contribution in [-0.4, -0.2) is 68.8 Å². The summed E-state index contributed by atoms with van der Waals surface area (Å²) in [5, 5.41) is 0. The molecule has 9 heteroatoms. The van der Waals surface area contributed by atoms with Gasteiger partial charge in [0.2, 0.25) is 0 Å². The Balaban J connectivity index is 1.80. The molecule has 4 atom stereocenters. The van der Waals surface area contributed by atoms with Crippen molar-refractivity contribution >= 4 is 23.4 Å². The van der Waals surface area contributed by atoms with E-state index in [0.29, 0.717) is 29.4 Å². The monoisotopic (exact) mass is 482 g/mol. The van der Waals surface area contributed by atoms with E-state index in [1.165, 1.54) is 14.2 Å². The van der Waals surface area contributed by atoms with Crippen molar-refractivity contribution in [3.05, 3.63) is 54.1 Å². The fraction of sp³-hybridized carbons (Fsp3) is 0.423. The van der Waals surface area contributed by atoms with Crippen LogP contribution >= 0.6 is 0 Å². The topological polar surface area (TPSA) is 94.6 Å². The number of β-lactam (4-membered cyclic amide) rings is 1. The quantitative estimate of drug-likeness (QED) is 0.292. The minimum Gasteiger partial charge on any atom is -0.497 e. The van der Waals surface area contributed by atoms with Gasteiger partial charge >= 0.3 is 0 Å². The first-order valence-corrected chi connectivity index (χ1v) is 11.6. The molecule has 186 valence electrons. The van der Waals surface area contributed by atoms with Crippen molar-refractivity contribution in [2.45, 2.75) is 44.1 Å². The molecule has 2 aromatic carbocycles. The standard InChI is InChI=1S/C26H30N2O7/c1-5-6-14-35-19-15-17(32-2)12-13-18(19)20-21(24(29)27(20)16-10-8-7-9-11-16)28-25(30)22(33-3)23(34-4)26(28)31/h7-13,15,20-23H,5-6,14H2,1-4H3/t20-,21?,22-,23-/m1/s1. The van der Waals surface area contributed by atoms with E-state index in [9.17, 15) is 14.4 Å². The minimum atomic E-state index is -1.11. The van der Waals surface area contributed by atoms with Gasteiger partial charge in [0.15, 0.2) is 12.2 Å². The van der Waals surface area contributed by atoms with Crippen LogP contribution in [0.4, 0.5) is 5.69 Å². The number of amides is 3. The number of carbonyl (C=O) groups excluding carboxylic acids is 3. The average Bonchev–Trinajstić information content (AvgIpc) is 3.12. The Kier molecular flexibility index (Phi) is 7.37. The highest BCUT2D eigenvalue weighted by molar-refractivity contribution is 6.16. The molecule has 35 heavy (non-hydrogen) atoms. The molecule has 1 unspecified atom stereocenters. The van der Waals surface area contributed by atoms with Crippen LogP contribution in [-0.2, 0) is 23.9 Å². The molecule has 4 rings (SSSR count). The Bertz CT molecular complexity index is 1070. The molecule has 0 spiro atoms. The maximum atomic E-state index is 13.5. The number of methoxy groups -OCH3 is 3. The molecule has 9 nitrogen and oxygen atoms in total. The summed E-state index contributed by atoms with van der Waals surface area (Å²) in [5.74, 6) is -0.428. The van der Waals surface area contributed by atoms with Crippen LogP contribution in [0.15, 0.2) is 48.5 Å². The first kappa shape index (κ1) is 24.7. The fourth-order valence-corrected chi connectivity index (χ4v) is 4.61. The number of unbranched alkanes of at least 4 members (excludes halogenated alkanes) is 1. The van der Waals surface area contributed by atoms with E-state index in [0.717, 1.165) is 17.7 Å². The van der Waals surface area contributed by atoms with E-state index in [1.807, 2.05) is 36.4 Å². The number of hydrogen-bond acceptors (Lipinski definition) is 7. The highest BCUT2D eigenvalue weighted by atomic mass is 16.5. The molecule has 3 amide bonds. The molecule has 2 fully saturated rings. The van der Waals surface area contributed by atoms with Gasteiger partial charge in [0.05, 0.1) is 19.8 Å². The van der Waals surface area contributed by atoms with Crippen LogP contribution in [0.2, 0.25) is 0 Å². The first-order chi connectivity index (χ1) is 17.0. The number of hydrogen-bond donors (Lipinski definition) is 0. The smallest absolute Gasteiger partial charge is 0.262 e. The van der Waals surface area contributed by atoms with E-state index >= 15 is 0 Å². The highest BCUT2D eigenvalue weighted by Crippen LogP contribution is 2.47. The summed E-state index contributed by atoms with van der Waals surface area (Å²) >= 11 is 0. The number of para-hydroxylation sites is 1. The second-order valence-electron chi connectivity index (χ2n) is 8.40. The zero-order valence-electron chi connectivity index (χ0n) is 20.3. The normalized spacial score (nSPS) is 24.1. The van der Waals surface area contributed by atoms with Crippen molar-refractivity contribution in [2.24, 2.45) is 0 Å². The van der Waals surface area contributed by atoms with Gasteiger partial charge in [-0.15, -0.1) is 0 Å². The van der Waals surface area contributed by atoms with E-state index in [1.54, 1.807) is 24.1 Å². The van der Waals surface area contributed by atoms with Gasteiger partial charge in [-0.25, -0.2) is 0 Å². The molecule has 0 aromatic heterocycles. The summed E-state index contributed by atoms with van der Waals surface area (Å²) in [4.78, 5) is 42.5. The Morgan fingerprint density at radius 1 is 0.800 bits per heavy atom. The Labute approximate surface area is 204 Å². The summed E-state index contributed by atoms with van der Waals surface area (Å²) in [6.07, 6.45) is -0.418. The summed E-state index contributed by atoms with van der Waals surface area (Å²) in [7, 11) is 4.24. The van der Waals surface area contributed by atoms with Crippen molar-refractivity contribution in [3.8, 4) is 11.5 Å². The zero-order valence-corrected chi connectivity index (χ0v) is 20.3. The lowest BCUT2D eigenvalue weighted by Gasteiger charge is -2.50. The minimum absolute atomic E-state index is 0.371. The average molecular weight is 483 g/mol. The van der Waals surface area contributed by atoms with Gasteiger partial charge in [-0.2, -0.15) is 0 Å². The van der Waals surface area contributed by atoms with E-state index in [-0.39, 0.29) is 5.91 Å². The van der Waals surface area contributed by atoms with Gasteiger partial charge in [-0.1, -0.05) is 31.5 Å². The summed E-state index contributed by atoms with van der Waals surface area (Å²) in [6.45, 7) is 2.54. The van der Waals surface area contributed by atoms with Gasteiger partial charge in [0.25, 0.3) is 17.7 Å². The largest absolute Gasteiger partial charge is 0.497 e. The molecule has 0 N–H and O–H groups in total. The molecule has 2 heterocycles. The Hall–Kier alpha value is -3.43. The van der Waals surface area contributed by atoms with E-state index in [2.05, 4.69) is 6.92 Å². The lowest BCUT2D eigenvalue weighted by atomic mass is 9.85. The molecule has 0 radical (unpaired) electrons. The van der Waals surface area contributed by atoms with Gasteiger partial charge in [0, 0.05) is 31.5 Å². The van der Waals surface area contributed by atoms with Crippen molar-refractivity contribution < 1.29 is 33.3 Å². The van der Waals surface area contributed by atoms with Crippen molar-refractivity contribution in [1.29, 1.82) is 0 Å². The third-order valence-electron chi connectivity index (χ3n) is 6.42. The maximum absolute atomic E-state index is 13.5. The van der Waals surface area contributed by atoms with Gasteiger partial charge < -0.3 is 23.8 Å². The number of ether oxygens (including phenoxy) is 4. The lowest BCUT2D eigenvalue weighted by Crippen LogP contribution is -2.67. The predicted molar refractivity (Wildman–Crippen MR) is 127 cm³/mol. The molecular weight excluding hydrogens is 452 g/mol. The number of imide groups is 1. The third-order valence-corrected chi connectivity index (χ3v) is 6.42. The highest BCUT2D eigenvalue weighted by Gasteiger charge is 2.61. The zero-order chi connectivity index (χ0) is 25.1. The Morgan fingerprint density at radius 2 is 1.46 bits per heavy atom. The molecule has 0 aliphatic carbocycles. The number of anilines is 1. The molecule has 0 bridgehead atoms. The molecular formula is C26H30N2O7. The summed E-state index contributed by atoms with van der Waals surface area (Å²) in [5.41, 5.74) is 1.32. The summed E-state index contributed by atoms with van der Waals surface area (Å²) in [6, 6.07) is 12.8. The van der Waals surface area contributed by atoms with Crippen LogP contribution in [0.3, 0.4) is 0 Å². The fourth-order valence-electron chi connectivity index (χ4n) is 4.61. The number of carbonyl (C=O) groups is 3. The number of likely N-dealkylation sites (tertiary alicyclic amines) is 1. The number of nitrogens with zero attached hydrogens (tertiary/aromatic N) is 2. The van der Waals surface area contributed by atoms with Crippen LogP contribution in [0, 0.1) is 0 Å². The second kappa shape index (κ2) is 10.5. The second-order valence-corrected chi connectivity index (χ2v) is 8.40. The molecule has 0 saturated carbocycles. The maximum Gasteiger partial charge on any atom is 0.262 e. The van der Waals surface area contributed by atoms with Gasteiger partial charge in [0.1, 0.15) is 17.5 Å². The van der Waals surface area contributed by atoms with Crippen molar-refractivity contribution in [1.82, 2.24) is 4.90 Å². The third kappa shape index (κ3) is 4.26. The van der Waals surface area contributed by atoms with Gasteiger partial charge in [-0.3, -0.25) is 19.3 Å². The number of rotatable bonds is 10. The molecule has 2 aromatic rings. The van der Waals surface area contributed by atoms with Gasteiger partial charge in [-0.05, 0) is 30.7 Å². The summed E-state index contributed by atoms with van der Waals surface area (Å²) < 4.78 is 22.0. The van der Waals surface area contributed by atoms with Crippen molar-refractivity contribution in [3.63, 3.8) is 0 Å². The van der Waals surface area contributed by atoms with Crippen molar-refractivity contribution in [2.75, 3.05) is 32.8 Å².